The first kappa shape index (κ1) is 24.7. The highest BCUT2D eigenvalue weighted by molar-refractivity contribution is 7.89. The molecule has 0 saturated heterocycles. The number of rotatable bonds is 9. The van der Waals surface area contributed by atoms with Crippen molar-refractivity contribution in [3.8, 4) is 0 Å². The predicted octanol–water partition coefficient (Wildman–Crippen LogP) is 3.67. The molecule has 0 radical (unpaired) electrons. The van der Waals surface area contributed by atoms with Gasteiger partial charge < -0.3 is 14.5 Å². The van der Waals surface area contributed by atoms with Crippen molar-refractivity contribution in [1.82, 2.24) is 10.0 Å². The Morgan fingerprint density at radius 3 is 2.60 bits per heavy atom. The molecular formula is C26H28N2O6S. The number of benzene rings is 2. The second kappa shape index (κ2) is 10.9. The smallest absolute Gasteiger partial charge is 0.338 e. The molecule has 0 bridgehead atoms. The van der Waals surface area contributed by atoms with Crippen LogP contribution in [0.15, 0.2) is 70.2 Å². The molecular weight excluding hydrogens is 468 g/mol. The van der Waals surface area contributed by atoms with E-state index in [1.807, 2.05) is 13.0 Å². The number of ether oxygens (including phenoxy) is 1. The third-order valence-electron chi connectivity index (χ3n) is 5.98. The minimum Gasteiger partial charge on any atom is -0.468 e. The Morgan fingerprint density at radius 2 is 1.83 bits per heavy atom. The second-order valence-corrected chi connectivity index (χ2v) is 10.3. The maximum absolute atomic E-state index is 12.5. The van der Waals surface area contributed by atoms with Gasteiger partial charge in [-0.3, -0.25) is 4.79 Å². The van der Waals surface area contributed by atoms with E-state index in [2.05, 4.69) is 22.2 Å². The van der Waals surface area contributed by atoms with Gasteiger partial charge in [0.15, 0.2) is 6.61 Å². The van der Waals surface area contributed by atoms with Gasteiger partial charge in [0.25, 0.3) is 5.91 Å². The average molecular weight is 497 g/mol. The first-order valence-corrected chi connectivity index (χ1v) is 13.0. The molecule has 1 unspecified atom stereocenters. The van der Waals surface area contributed by atoms with Crippen LogP contribution in [0, 0.1) is 0 Å². The van der Waals surface area contributed by atoms with Gasteiger partial charge >= 0.3 is 5.97 Å². The predicted molar refractivity (Wildman–Crippen MR) is 129 cm³/mol. The summed E-state index contributed by atoms with van der Waals surface area (Å²) in [4.78, 5) is 24.7. The molecule has 4 rings (SSSR count). The second-order valence-electron chi connectivity index (χ2n) is 8.53. The van der Waals surface area contributed by atoms with E-state index in [9.17, 15) is 18.0 Å². The Hall–Kier alpha value is -3.43. The lowest BCUT2D eigenvalue weighted by molar-refractivity contribution is -0.124. The van der Waals surface area contributed by atoms with Crippen molar-refractivity contribution in [2.24, 2.45) is 0 Å². The molecule has 1 heterocycles. The van der Waals surface area contributed by atoms with E-state index in [0.717, 1.165) is 18.4 Å². The quantitative estimate of drug-likeness (QED) is 0.437. The summed E-state index contributed by atoms with van der Waals surface area (Å²) in [7, 11) is -3.87. The summed E-state index contributed by atoms with van der Waals surface area (Å²) in [6.07, 6.45) is 5.98. The first-order chi connectivity index (χ1) is 16.8. The number of esters is 1. The molecule has 35 heavy (non-hydrogen) atoms. The van der Waals surface area contributed by atoms with E-state index in [4.69, 9.17) is 9.15 Å². The van der Waals surface area contributed by atoms with Gasteiger partial charge in [-0.1, -0.05) is 24.3 Å². The highest BCUT2D eigenvalue weighted by Crippen LogP contribution is 2.24. The minimum absolute atomic E-state index is 0.0212. The van der Waals surface area contributed by atoms with Gasteiger partial charge in [-0.25, -0.2) is 17.9 Å². The van der Waals surface area contributed by atoms with E-state index >= 15 is 0 Å². The highest BCUT2D eigenvalue weighted by Gasteiger charge is 2.19. The van der Waals surface area contributed by atoms with Gasteiger partial charge in [0, 0.05) is 0 Å². The van der Waals surface area contributed by atoms with Gasteiger partial charge in [-0.05, 0) is 79.6 Å². The number of amides is 1. The molecule has 0 spiro atoms. The third-order valence-corrected chi connectivity index (χ3v) is 7.38. The Labute approximate surface area is 204 Å². The van der Waals surface area contributed by atoms with Crippen LogP contribution in [-0.4, -0.2) is 26.9 Å². The topological polar surface area (TPSA) is 115 Å². The largest absolute Gasteiger partial charge is 0.468 e. The molecule has 8 nitrogen and oxygen atoms in total. The number of furan rings is 1. The number of carbonyl (C=O) groups is 2. The molecule has 0 saturated carbocycles. The molecule has 1 aliphatic rings. The van der Waals surface area contributed by atoms with Crippen LogP contribution in [0.25, 0.3) is 0 Å². The van der Waals surface area contributed by atoms with E-state index in [1.54, 1.807) is 12.1 Å². The van der Waals surface area contributed by atoms with E-state index in [1.165, 1.54) is 54.5 Å². The number of fused-ring (bicyclic) bond motifs is 1. The Kier molecular flexibility index (Phi) is 7.67. The Balaban J connectivity index is 1.31. The van der Waals surface area contributed by atoms with Crippen LogP contribution in [-0.2, 0) is 38.9 Å². The van der Waals surface area contributed by atoms with Crippen molar-refractivity contribution in [3.05, 3.63) is 88.9 Å². The van der Waals surface area contributed by atoms with Gasteiger partial charge in [0.2, 0.25) is 10.0 Å². The van der Waals surface area contributed by atoms with Gasteiger partial charge in [0.05, 0.1) is 29.3 Å². The summed E-state index contributed by atoms with van der Waals surface area (Å²) >= 11 is 0. The SMILES string of the molecule is CC(NC(=O)COC(=O)c1cccc(S(=O)(=O)NCc2ccco2)c1)c1ccc2c(c1)CCCC2. The standard InChI is InChI=1S/C26H28N2O6S/c1-18(20-12-11-19-6-2-3-7-21(19)14-20)28-25(29)17-34-26(30)22-8-4-10-24(15-22)35(31,32)27-16-23-9-5-13-33-23/h4-5,8-15,18,27H,2-3,6-7,16-17H2,1H3,(H,28,29). The zero-order chi connectivity index (χ0) is 24.8. The Bertz CT molecular complexity index is 1300. The van der Waals surface area contributed by atoms with Crippen LogP contribution >= 0.6 is 0 Å². The maximum Gasteiger partial charge on any atom is 0.338 e. The number of aryl methyl sites for hydroxylation is 2. The number of hydrogen-bond donors (Lipinski definition) is 2. The number of sulfonamides is 1. The van der Waals surface area contributed by atoms with Crippen molar-refractivity contribution in [1.29, 1.82) is 0 Å². The number of hydrogen-bond acceptors (Lipinski definition) is 6. The van der Waals surface area contributed by atoms with E-state index in [0.29, 0.717) is 5.76 Å². The van der Waals surface area contributed by atoms with Crippen molar-refractivity contribution >= 4 is 21.9 Å². The minimum atomic E-state index is -3.87. The molecule has 2 N–H and O–H groups in total. The molecule has 1 aliphatic carbocycles. The van der Waals surface area contributed by atoms with Crippen molar-refractivity contribution in [2.45, 2.75) is 50.1 Å². The summed E-state index contributed by atoms with van der Waals surface area (Å²) in [5.74, 6) is -0.767. The molecule has 1 amide bonds. The monoisotopic (exact) mass is 496 g/mol. The molecule has 1 atom stereocenters. The summed E-state index contributed by atoms with van der Waals surface area (Å²) in [6.45, 7) is 1.39. The maximum atomic E-state index is 12.5. The Morgan fingerprint density at radius 1 is 1.03 bits per heavy atom. The fourth-order valence-corrected chi connectivity index (χ4v) is 5.10. The number of carbonyl (C=O) groups excluding carboxylic acids is 2. The van der Waals surface area contributed by atoms with Crippen molar-refractivity contribution in [2.75, 3.05) is 6.61 Å². The molecule has 3 aromatic rings. The molecule has 0 fully saturated rings. The van der Waals surface area contributed by atoms with Gasteiger partial charge in [-0.15, -0.1) is 0 Å². The average Bonchev–Trinajstić information content (AvgIpc) is 3.40. The lowest BCUT2D eigenvalue weighted by Gasteiger charge is -2.20. The summed E-state index contributed by atoms with van der Waals surface area (Å²) in [5, 5.41) is 2.84. The lowest BCUT2D eigenvalue weighted by atomic mass is 9.89. The summed E-state index contributed by atoms with van der Waals surface area (Å²) < 4.78 is 37.7. The third kappa shape index (κ3) is 6.37. The van der Waals surface area contributed by atoms with E-state index in [-0.39, 0.29) is 23.0 Å². The molecule has 2 aromatic carbocycles. The summed E-state index contributed by atoms with van der Waals surface area (Å²) in [5.41, 5.74) is 3.73. The molecule has 0 aliphatic heterocycles. The first-order valence-electron chi connectivity index (χ1n) is 11.5. The lowest BCUT2D eigenvalue weighted by Crippen LogP contribution is -2.31. The van der Waals surface area contributed by atoms with Crippen LogP contribution in [0.2, 0.25) is 0 Å². The molecule has 9 heteroatoms. The zero-order valence-electron chi connectivity index (χ0n) is 19.5. The van der Waals surface area contributed by atoms with Crippen LogP contribution < -0.4 is 10.0 Å². The molecule has 184 valence electrons. The van der Waals surface area contributed by atoms with Crippen LogP contribution in [0.1, 0.15) is 58.6 Å². The van der Waals surface area contributed by atoms with Crippen molar-refractivity contribution in [3.63, 3.8) is 0 Å². The van der Waals surface area contributed by atoms with Crippen LogP contribution in [0.5, 0.6) is 0 Å². The van der Waals surface area contributed by atoms with Crippen molar-refractivity contribution < 1.29 is 27.2 Å². The van der Waals surface area contributed by atoms with E-state index < -0.39 is 28.5 Å². The van der Waals surface area contributed by atoms with Gasteiger partial charge in [-0.2, -0.15) is 0 Å². The molecule has 1 aromatic heterocycles. The fraction of sp³-hybridized carbons (Fsp3) is 0.308. The summed E-state index contributed by atoms with van der Waals surface area (Å²) in [6, 6.07) is 14.8. The van der Waals surface area contributed by atoms with Gasteiger partial charge in [0.1, 0.15) is 5.76 Å². The normalized spacial score (nSPS) is 14.1. The van der Waals surface area contributed by atoms with Crippen LogP contribution in [0.4, 0.5) is 0 Å². The van der Waals surface area contributed by atoms with Crippen LogP contribution in [0.3, 0.4) is 0 Å². The fourth-order valence-electron chi connectivity index (χ4n) is 4.06. The highest BCUT2D eigenvalue weighted by atomic mass is 32.2. The zero-order valence-corrected chi connectivity index (χ0v) is 20.3. The number of nitrogens with one attached hydrogen (secondary N) is 2.